The number of rotatable bonds is 5. The second-order valence-corrected chi connectivity index (χ2v) is 8.73. The number of anilines is 1. The fourth-order valence-electron chi connectivity index (χ4n) is 3.30. The summed E-state index contributed by atoms with van der Waals surface area (Å²) >= 11 is 0. The molecule has 3 rings (SSSR count). The van der Waals surface area contributed by atoms with Gasteiger partial charge >= 0.3 is 0 Å². The number of benzene rings is 2. The Kier molecular flexibility index (Phi) is 6.00. The van der Waals surface area contributed by atoms with E-state index in [1.54, 1.807) is 31.2 Å². The molecular weight excluding hydrogens is 383 g/mol. The van der Waals surface area contributed by atoms with Crippen LogP contribution in [0.1, 0.15) is 18.4 Å². The number of ether oxygens (including phenoxy) is 1. The summed E-state index contributed by atoms with van der Waals surface area (Å²) in [5, 5.41) is 2.56. The normalized spacial score (nSPS) is 17.9. The number of halogens is 1. The van der Waals surface area contributed by atoms with E-state index in [9.17, 15) is 17.6 Å². The Morgan fingerprint density at radius 1 is 1.25 bits per heavy atom. The monoisotopic (exact) mass is 406 g/mol. The number of aryl methyl sites for hydroxylation is 1. The molecule has 8 heteroatoms. The van der Waals surface area contributed by atoms with Crippen molar-refractivity contribution >= 4 is 21.6 Å². The number of hydrogen-bond donors (Lipinski definition) is 1. The lowest BCUT2D eigenvalue weighted by Gasteiger charge is -2.31. The highest BCUT2D eigenvalue weighted by molar-refractivity contribution is 7.89. The lowest BCUT2D eigenvalue weighted by molar-refractivity contribution is -0.120. The van der Waals surface area contributed by atoms with Gasteiger partial charge in [0.1, 0.15) is 16.5 Å². The van der Waals surface area contributed by atoms with E-state index in [4.69, 9.17) is 4.74 Å². The molecule has 0 spiro atoms. The van der Waals surface area contributed by atoms with E-state index >= 15 is 0 Å². The molecule has 0 unspecified atom stereocenters. The van der Waals surface area contributed by atoms with E-state index in [-0.39, 0.29) is 28.8 Å². The second kappa shape index (κ2) is 8.28. The summed E-state index contributed by atoms with van der Waals surface area (Å²) in [5.41, 5.74) is 0.887. The van der Waals surface area contributed by atoms with Crippen LogP contribution in [0.4, 0.5) is 10.1 Å². The van der Waals surface area contributed by atoms with Crippen LogP contribution in [0.5, 0.6) is 5.75 Å². The van der Waals surface area contributed by atoms with Crippen molar-refractivity contribution in [1.29, 1.82) is 0 Å². The summed E-state index contributed by atoms with van der Waals surface area (Å²) in [6.07, 6.45) is 1.08. The molecule has 150 valence electrons. The molecule has 1 saturated heterocycles. The molecule has 1 aliphatic rings. The Morgan fingerprint density at radius 3 is 2.71 bits per heavy atom. The van der Waals surface area contributed by atoms with Crippen LogP contribution < -0.4 is 10.1 Å². The van der Waals surface area contributed by atoms with Gasteiger partial charge in [0.2, 0.25) is 15.9 Å². The van der Waals surface area contributed by atoms with Crippen LogP contribution in [-0.4, -0.2) is 38.8 Å². The van der Waals surface area contributed by atoms with Crippen molar-refractivity contribution in [3.05, 3.63) is 53.8 Å². The van der Waals surface area contributed by atoms with Gasteiger partial charge < -0.3 is 10.1 Å². The van der Waals surface area contributed by atoms with Gasteiger partial charge in [0.05, 0.1) is 18.7 Å². The molecule has 1 amide bonds. The largest absolute Gasteiger partial charge is 0.495 e. The molecule has 1 fully saturated rings. The number of sulfonamides is 1. The van der Waals surface area contributed by atoms with Gasteiger partial charge in [0.15, 0.2) is 0 Å². The van der Waals surface area contributed by atoms with Crippen LogP contribution >= 0.6 is 0 Å². The number of hydrogen-bond acceptors (Lipinski definition) is 4. The number of methoxy groups -OCH3 is 1. The Balaban J connectivity index is 1.80. The summed E-state index contributed by atoms with van der Waals surface area (Å²) in [7, 11) is -2.40. The number of nitrogens with zero attached hydrogens (tertiary/aromatic N) is 1. The van der Waals surface area contributed by atoms with Crippen molar-refractivity contribution in [3.63, 3.8) is 0 Å². The highest BCUT2D eigenvalue weighted by Gasteiger charge is 2.35. The Hall–Kier alpha value is -2.45. The van der Waals surface area contributed by atoms with Gasteiger partial charge in [-0.1, -0.05) is 18.2 Å². The van der Waals surface area contributed by atoms with Crippen LogP contribution in [0, 0.1) is 18.7 Å². The Bertz CT molecular complexity index is 978. The smallest absolute Gasteiger partial charge is 0.246 e. The average molecular weight is 406 g/mol. The topological polar surface area (TPSA) is 75.7 Å². The fraction of sp³-hybridized carbons (Fsp3) is 0.350. The minimum Gasteiger partial charge on any atom is -0.495 e. The number of para-hydroxylation sites is 1. The van der Waals surface area contributed by atoms with Crippen molar-refractivity contribution in [2.45, 2.75) is 24.7 Å². The van der Waals surface area contributed by atoms with Gasteiger partial charge in [-0.05, 0) is 49.6 Å². The second-order valence-electron chi connectivity index (χ2n) is 6.83. The van der Waals surface area contributed by atoms with E-state index in [0.717, 1.165) is 5.56 Å². The third kappa shape index (κ3) is 4.18. The Morgan fingerprint density at radius 2 is 2.00 bits per heavy atom. The SMILES string of the molecule is COc1ccc(C)cc1S(=O)(=O)N1CCC[C@@H](C(=O)Nc2ccccc2F)C1. The highest BCUT2D eigenvalue weighted by Crippen LogP contribution is 2.31. The minimum atomic E-state index is -3.82. The molecule has 0 saturated carbocycles. The highest BCUT2D eigenvalue weighted by atomic mass is 32.2. The fourth-order valence-corrected chi connectivity index (χ4v) is 5.06. The summed E-state index contributed by atoms with van der Waals surface area (Å²) in [6, 6.07) is 10.9. The van der Waals surface area contributed by atoms with Gasteiger partial charge in [-0.2, -0.15) is 4.31 Å². The Labute approximate surface area is 164 Å². The van der Waals surface area contributed by atoms with Crippen LogP contribution in [0.3, 0.4) is 0 Å². The molecule has 0 radical (unpaired) electrons. The number of amides is 1. The lowest BCUT2D eigenvalue weighted by atomic mass is 9.98. The van der Waals surface area contributed by atoms with Gasteiger partial charge in [-0.15, -0.1) is 0 Å². The van der Waals surface area contributed by atoms with E-state index in [2.05, 4.69) is 5.32 Å². The molecule has 1 heterocycles. The van der Waals surface area contributed by atoms with E-state index in [0.29, 0.717) is 19.4 Å². The molecule has 2 aromatic rings. The van der Waals surface area contributed by atoms with Gasteiger partial charge in [0.25, 0.3) is 0 Å². The average Bonchev–Trinajstić information content (AvgIpc) is 2.69. The van der Waals surface area contributed by atoms with Gasteiger partial charge in [-0.3, -0.25) is 4.79 Å². The first-order valence-corrected chi connectivity index (χ1v) is 10.5. The third-order valence-corrected chi connectivity index (χ3v) is 6.71. The van der Waals surface area contributed by atoms with Crippen molar-refractivity contribution in [2.24, 2.45) is 5.92 Å². The predicted octanol–water partition coefficient (Wildman–Crippen LogP) is 3.18. The maximum Gasteiger partial charge on any atom is 0.246 e. The van der Waals surface area contributed by atoms with Crippen molar-refractivity contribution < 1.29 is 22.3 Å². The summed E-state index contributed by atoms with van der Waals surface area (Å²) in [6.45, 7) is 2.17. The first kappa shape index (κ1) is 20.3. The zero-order valence-corrected chi connectivity index (χ0v) is 16.6. The van der Waals surface area contributed by atoms with Crippen LogP contribution in [-0.2, 0) is 14.8 Å². The maximum atomic E-state index is 13.8. The first-order valence-electron chi connectivity index (χ1n) is 9.03. The van der Waals surface area contributed by atoms with E-state index in [1.165, 1.54) is 29.6 Å². The predicted molar refractivity (Wildman–Crippen MR) is 104 cm³/mol. The molecular formula is C20H23FN2O4S. The van der Waals surface area contributed by atoms with Crippen LogP contribution in [0.2, 0.25) is 0 Å². The summed E-state index contributed by atoms with van der Waals surface area (Å²) in [5.74, 6) is -1.20. The molecule has 1 N–H and O–H groups in total. The van der Waals surface area contributed by atoms with Crippen molar-refractivity contribution in [3.8, 4) is 5.75 Å². The zero-order chi connectivity index (χ0) is 20.3. The number of carbonyl (C=O) groups is 1. The van der Waals surface area contributed by atoms with E-state index < -0.39 is 21.8 Å². The van der Waals surface area contributed by atoms with Crippen molar-refractivity contribution in [1.82, 2.24) is 4.31 Å². The maximum absolute atomic E-state index is 13.8. The summed E-state index contributed by atoms with van der Waals surface area (Å²) < 4.78 is 46.6. The summed E-state index contributed by atoms with van der Waals surface area (Å²) in [4.78, 5) is 12.7. The standard InChI is InChI=1S/C20H23FN2O4S/c1-14-9-10-18(27-2)19(12-14)28(25,26)23-11-5-6-15(13-23)20(24)22-17-8-4-3-7-16(17)21/h3-4,7-10,12,15H,5-6,11,13H2,1-2H3,(H,22,24)/t15-/m1/s1. The zero-order valence-electron chi connectivity index (χ0n) is 15.8. The molecule has 2 aromatic carbocycles. The molecule has 6 nitrogen and oxygen atoms in total. The molecule has 1 aliphatic heterocycles. The quantitative estimate of drug-likeness (QED) is 0.828. The van der Waals surface area contributed by atoms with E-state index in [1.807, 2.05) is 0 Å². The molecule has 0 bridgehead atoms. The van der Waals surface area contributed by atoms with Gasteiger partial charge in [-0.25, -0.2) is 12.8 Å². The van der Waals surface area contributed by atoms with Crippen molar-refractivity contribution in [2.75, 3.05) is 25.5 Å². The van der Waals surface area contributed by atoms with Crippen LogP contribution in [0.15, 0.2) is 47.4 Å². The van der Waals surface area contributed by atoms with Gasteiger partial charge in [0, 0.05) is 13.1 Å². The third-order valence-electron chi connectivity index (χ3n) is 4.82. The lowest BCUT2D eigenvalue weighted by Crippen LogP contribution is -2.43. The molecule has 28 heavy (non-hydrogen) atoms. The number of piperidine rings is 1. The molecule has 1 atom stereocenters. The van der Waals surface area contributed by atoms with Crippen LogP contribution in [0.25, 0.3) is 0 Å². The number of nitrogens with one attached hydrogen (secondary N) is 1. The minimum absolute atomic E-state index is 0.0414. The number of carbonyl (C=O) groups excluding carboxylic acids is 1. The molecule has 0 aromatic heterocycles. The molecule has 0 aliphatic carbocycles. The first-order chi connectivity index (χ1) is 13.3.